The first kappa shape index (κ1) is 25.1. The van der Waals surface area contributed by atoms with Crippen molar-refractivity contribution in [1.82, 2.24) is 20.4 Å². The first-order valence-corrected chi connectivity index (χ1v) is 9.98. The molecule has 6 nitrogen and oxygen atoms in total. The molecular weight excluding hydrogens is 465 g/mol. The molecule has 7 heteroatoms. The fourth-order valence-electron chi connectivity index (χ4n) is 3.42. The van der Waals surface area contributed by atoms with Gasteiger partial charge in [0.05, 0.1) is 12.7 Å². The van der Waals surface area contributed by atoms with E-state index in [0.717, 1.165) is 51.8 Å². The van der Waals surface area contributed by atoms with Gasteiger partial charge in [0, 0.05) is 46.3 Å². The van der Waals surface area contributed by atoms with Crippen LogP contribution in [0, 0.1) is 5.92 Å². The number of ether oxygens (including phenoxy) is 1. The molecule has 1 atom stereocenters. The van der Waals surface area contributed by atoms with E-state index in [1.165, 1.54) is 11.1 Å². The van der Waals surface area contributed by atoms with Gasteiger partial charge in [-0.3, -0.25) is 9.89 Å². The maximum Gasteiger partial charge on any atom is 0.191 e. The Labute approximate surface area is 188 Å². The van der Waals surface area contributed by atoms with E-state index >= 15 is 0 Å². The number of aliphatic imine (C=N–C) groups is 1. The van der Waals surface area contributed by atoms with E-state index in [4.69, 9.17) is 4.74 Å². The van der Waals surface area contributed by atoms with Crippen LogP contribution in [-0.4, -0.2) is 75.8 Å². The van der Waals surface area contributed by atoms with Gasteiger partial charge in [0.25, 0.3) is 0 Å². The van der Waals surface area contributed by atoms with Gasteiger partial charge in [-0.1, -0.05) is 38.1 Å². The van der Waals surface area contributed by atoms with Gasteiger partial charge < -0.3 is 20.3 Å². The van der Waals surface area contributed by atoms with Crippen LogP contribution < -0.4 is 10.6 Å². The van der Waals surface area contributed by atoms with Gasteiger partial charge in [-0.15, -0.1) is 24.0 Å². The van der Waals surface area contributed by atoms with Crippen molar-refractivity contribution < 1.29 is 4.74 Å². The predicted molar refractivity (Wildman–Crippen MR) is 128 cm³/mol. The number of hydrogen-bond acceptors (Lipinski definition) is 4. The summed E-state index contributed by atoms with van der Waals surface area (Å²) in [5.41, 5.74) is 2.64. The lowest BCUT2D eigenvalue weighted by Gasteiger charge is -2.34. The highest BCUT2D eigenvalue weighted by Gasteiger charge is 2.21. The molecular formula is C21H38IN5O. The summed E-state index contributed by atoms with van der Waals surface area (Å²) in [7, 11) is 6.00. The zero-order chi connectivity index (χ0) is 19.6. The number of rotatable bonds is 8. The predicted octanol–water partition coefficient (Wildman–Crippen LogP) is 2.39. The summed E-state index contributed by atoms with van der Waals surface area (Å²) in [5, 5.41) is 6.85. The second-order valence-corrected chi connectivity index (χ2v) is 7.96. The average molecular weight is 503 g/mol. The van der Waals surface area contributed by atoms with Gasteiger partial charge in [-0.25, -0.2) is 0 Å². The van der Waals surface area contributed by atoms with Crippen molar-refractivity contribution in [2.75, 3.05) is 53.9 Å². The first-order valence-electron chi connectivity index (χ1n) is 9.98. The Kier molecular flexibility index (Phi) is 12.0. The minimum Gasteiger partial charge on any atom is -0.374 e. The highest BCUT2D eigenvalue weighted by atomic mass is 127. The van der Waals surface area contributed by atoms with Gasteiger partial charge in [0.15, 0.2) is 5.96 Å². The lowest BCUT2D eigenvalue weighted by Crippen LogP contribution is -2.50. The molecule has 160 valence electrons. The third-order valence-electron chi connectivity index (χ3n) is 4.62. The van der Waals surface area contributed by atoms with E-state index in [9.17, 15) is 0 Å². The van der Waals surface area contributed by atoms with Crippen LogP contribution in [-0.2, 0) is 17.8 Å². The van der Waals surface area contributed by atoms with Crippen molar-refractivity contribution in [3.05, 3.63) is 35.4 Å². The van der Waals surface area contributed by atoms with Gasteiger partial charge in [-0.05, 0) is 31.1 Å². The van der Waals surface area contributed by atoms with Crippen molar-refractivity contribution in [1.29, 1.82) is 0 Å². The summed E-state index contributed by atoms with van der Waals surface area (Å²) in [6, 6.07) is 8.55. The van der Waals surface area contributed by atoms with Crippen molar-refractivity contribution in [2.24, 2.45) is 10.9 Å². The van der Waals surface area contributed by atoms with Crippen LogP contribution in [0.3, 0.4) is 0 Å². The fraction of sp³-hybridized carbons (Fsp3) is 0.667. The van der Waals surface area contributed by atoms with Crippen molar-refractivity contribution >= 4 is 29.9 Å². The molecule has 1 saturated heterocycles. The molecule has 28 heavy (non-hydrogen) atoms. The quantitative estimate of drug-likeness (QED) is 0.324. The van der Waals surface area contributed by atoms with Crippen LogP contribution in [0.25, 0.3) is 0 Å². The summed E-state index contributed by atoms with van der Waals surface area (Å²) in [6.07, 6.45) is 0.206. The number of nitrogens with zero attached hydrogens (tertiary/aromatic N) is 3. The Morgan fingerprint density at radius 1 is 1.25 bits per heavy atom. The monoisotopic (exact) mass is 503 g/mol. The normalized spacial score (nSPS) is 18.2. The Hall–Kier alpha value is -0.900. The number of benzene rings is 1. The van der Waals surface area contributed by atoms with Crippen LogP contribution in [0.5, 0.6) is 0 Å². The zero-order valence-electron chi connectivity index (χ0n) is 18.1. The van der Waals surface area contributed by atoms with E-state index in [1.54, 1.807) is 0 Å². The van der Waals surface area contributed by atoms with Crippen LogP contribution >= 0.6 is 24.0 Å². The third-order valence-corrected chi connectivity index (χ3v) is 4.62. The van der Waals surface area contributed by atoms with Crippen LogP contribution in [0.1, 0.15) is 25.0 Å². The highest BCUT2D eigenvalue weighted by Crippen LogP contribution is 2.10. The number of morpholine rings is 1. The van der Waals surface area contributed by atoms with Crippen molar-refractivity contribution in [3.63, 3.8) is 0 Å². The third kappa shape index (κ3) is 9.07. The standard InChI is InChI=1S/C21H37N5O.HI/c1-17(2)14-26-10-11-27-20(16-26)13-24-21(22-3)23-12-18-8-6-7-9-19(18)15-25(4)5;/h6-9,17,20H,10-16H2,1-5H3,(H2,22,23,24);1H. The van der Waals surface area contributed by atoms with Crippen molar-refractivity contribution in [2.45, 2.75) is 33.0 Å². The molecule has 0 aliphatic carbocycles. The smallest absolute Gasteiger partial charge is 0.191 e. The summed E-state index contributed by atoms with van der Waals surface area (Å²) in [4.78, 5) is 9.04. The maximum atomic E-state index is 5.92. The second-order valence-electron chi connectivity index (χ2n) is 7.96. The Bertz CT molecular complexity index is 594. The van der Waals surface area contributed by atoms with E-state index in [-0.39, 0.29) is 30.1 Å². The van der Waals surface area contributed by atoms with E-state index in [0.29, 0.717) is 5.92 Å². The fourth-order valence-corrected chi connectivity index (χ4v) is 3.42. The van der Waals surface area contributed by atoms with Gasteiger partial charge >= 0.3 is 0 Å². The molecule has 0 amide bonds. The minimum atomic E-state index is 0. The number of hydrogen-bond donors (Lipinski definition) is 2. The average Bonchev–Trinajstić information content (AvgIpc) is 2.62. The van der Waals surface area contributed by atoms with Gasteiger partial charge in [0.1, 0.15) is 0 Å². The molecule has 1 aromatic carbocycles. The van der Waals surface area contributed by atoms with E-state index < -0.39 is 0 Å². The van der Waals surface area contributed by atoms with Crippen LogP contribution in [0.4, 0.5) is 0 Å². The molecule has 0 aromatic heterocycles. The zero-order valence-corrected chi connectivity index (χ0v) is 20.4. The Morgan fingerprint density at radius 3 is 2.61 bits per heavy atom. The molecule has 0 bridgehead atoms. The summed E-state index contributed by atoms with van der Waals surface area (Å²) in [5.74, 6) is 1.51. The molecule has 1 heterocycles. The van der Waals surface area contributed by atoms with Crippen LogP contribution in [0.15, 0.2) is 29.3 Å². The lowest BCUT2D eigenvalue weighted by atomic mass is 10.1. The highest BCUT2D eigenvalue weighted by molar-refractivity contribution is 14.0. The Balaban J connectivity index is 0.00000392. The number of nitrogens with one attached hydrogen (secondary N) is 2. The van der Waals surface area contributed by atoms with E-state index in [1.807, 2.05) is 7.05 Å². The van der Waals surface area contributed by atoms with Gasteiger partial charge in [-0.2, -0.15) is 0 Å². The molecule has 1 unspecified atom stereocenters. The molecule has 0 spiro atoms. The van der Waals surface area contributed by atoms with Crippen LogP contribution in [0.2, 0.25) is 0 Å². The molecule has 1 fully saturated rings. The summed E-state index contributed by atoms with van der Waals surface area (Å²) < 4.78 is 5.92. The Morgan fingerprint density at radius 2 is 1.96 bits per heavy atom. The molecule has 2 N–H and O–H groups in total. The van der Waals surface area contributed by atoms with Crippen molar-refractivity contribution in [3.8, 4) is 0 Å². The SMILES string of the molecule is CN=C(NCc1ccccc1CN(C)C)NCC1CN(CC(C)C)CCO1.I. The molecule has 0 saturated carbocycles. The summed E-state index contributed by atoms with van der Waals surface area (Å²) in [6.45, 7) is 11.0. The topological polar surface area (TPSA) is 52.1 Å². The largest absolute Gasteiger partial charge is 0.374 e. The lowest BCUT2D eigenvalue weighted by molar-refractivity contribution is -0.0284. The molecule has 2 rings (SSSR count). The number of guanidine groups is 1. The summed E-state index contributed by atoms with van der Waals surface area (Å²) >= 11 is 0. The number of halogens is 1. The van der Waals surface area contributed by atoms with Gasteiger partial charge in [0.2, 0.25) is 0 Å². The molecule has 1 aliphatic rings. The minimum absolute atomic E-state index is 0. The molecule has 0 radical (unpaired) electrons. The second kappa shape index (κ2) is 13.3. The van der Waals surface area contributed by atoms with E-state index in [2.05, 4.69) is 77.6 Å². The molecule has 1 aromatic rings. The molecule has 1 aliphatic heterocycles. The first-order chi connectivity index (χ1) is 13.0. The maximum absolute atomic E-state index is 5.92.